The molecule has 0 fully saturated rings. The van der Waals surface area contributed by atoms with Gasteiger partial charge in [-0.3, -0.25) is 9.59 Å². The Bertz CT molecular complexity index is 655. The molecule has 0 bridgehead atoms. The van der Waals surface area contributed by atoms with Crippen LogP contribution < -0.4 is 4.74 Å². The van der Waals surface area contributed by atoms with Gasteiger partial charge in [0.05, 0.1) is 5.56 Å². The molecule has 0 atom stereocenters. The molecule has 4 nitrogen and oxygen atoms in total. The molecule has 114 valence electrons. The van der Waals surface area contributed by atoms with E-state index in [2.05, 4.69) is 0 Å². The second-order valence-electron chi connectivity index (χ2n) is 4.82. The highest BCUT2D eigenvalue weighted by atomic mass is 35.5. The van der Waals surface area contributed by atoms with Gasteiger partial charge in [0.15, 0.2) is 12.9 Å². The van der Waals surface area contributed by atoms with Gasteiger partial charge in [-0.1, -0.05) is 35.9 Å². The van der Waals surface area contributed by atoms with Crippen molar-refractivity contribution in [3.8, 4) is 5.75 Å². The maximum atomic E-state index is 12.1. The monoisotopic (exact) mass is 317 g/mol. The summed E-state index contributed by atoms with van der Waals surface area (Å²) in [5.74, 6) is 0.237. The molecule has 0 N–H and O–H groups in total. The predicted octanol–water partition coefficient (Wildman–Crippen LogP) is 3.19. The first-order valence-electron chi connectivity index (χ1n) is 6.75. The second-order valence-corrected chi connectivity index (χ2v) is 5.26. The van der Waals surface area contributed by atoms with Crippen LogP contribution in [0.3, 0.4) is 0 Å². The molecule has 0 aliphatic rings. The first kappa shape index (κ1) is 16.0. The molecular formula is C17H16ClNO3. The van der Waals surface area contributed by atoms with Crippen LogP contribution >= 0.6 is 11.6 Å². The van der Waals surface area contributed by atoms with Crippen molar-refractivity contribution in [2.24, 2.45) is 0 Å². The fourth-order valence-electron chi connectivity index (χ4n) is 1.91. The minimum Gasteiger partial charge on any atom is -0.483 e. The number of aldehydes is 1. The topological polar surface area (TPSA) is 46.6 Å². The summed E-state index contributed by atoms with van der Waals surface area (Å²) >= 11 is 5.83. The molecule has 2 aromatic rings. The van der Waals surface area contributed by atoms with Crippen molar-refractivity contribution >= 4 is 23.8 Å². The van der Waals surface area contributed by atoms with Crippen molar-refractivity contribution in [3.63, 3.8) is 0 Å². The van der Waals surface area contributed by atoms with Crippen molar-refractivity contribution in [1.29, 1.82) is 0 Å². The second kappa shape index (κ2) is 7.61. The maximum Gasteiger partial charge on any atom is 0.260 e. The number of nitrogens with zero attached hydrogens (tertiary/aromatic N) is 1. The Labute approximate surface area is 134 Å². The van der Waals surface area contributed by atoms with Crippen LogP contribution in [-0.2, 0) is 11.3 Å². The SMILES string of the molecule is CN(Cc1ccc(Cl)cc1)C(=O)COc1ccccc1C=O. The lowest BCUT2D eigenvalue weighted by Gasteiger charge is -2.18. The van der Waals surface area contributed by atoms with Crippen LogP contribution in [0.2, 0.25) is 5.02 Å². The molecule has 0 saturated heterocycles. The van der Waals surface area contributed by atoms with Crippen LogP contribution in [0.5, 0.6) is 5.75 Å². The molecule has 0 saturated carbocycles. The molecular weight excluding hydrogens is 302 g/mol. The minimum absolute atomic E-state index is 0.116. The van der Waals surface area contributed by atoms with Crippen molar-refractivity contribution in [2.75, 3.05) is 13.7 Å². The number of rotatable bonds is 6. The Morgan fingerprint density at radius 1 is 1.18 bits per heavy atom. The fourth-order valence-corrected chi connectivity index (χ4v) is 2.04. The Morgan fingerprint density at radius 3 is 2.55 bits per heavy atom. The summed E-state index contributed by atoms with van der Waals surface area (Å²) in [5.41, 5.74) is 1.41. The summed E-state index contributed by atoms with van der Waals surface area (Å²) in [6, 6.07) is 14.1. The number of hydrogen-bond donors (Lipinski definition) is 0. The van der Waals surface area contributed by atoms with E-state index in [4.69, 9.17) is 16.3 Å². The molecule has 2 aromatic carbocycles. The summed E-state index contributed by atoms with van der Waals surface area (Å²) in [7, 11) is 1.70. The number of carbonyl (C=O) groups excluding carboxylic acids is 2. The van der Waals surface area contributed by atoms with Crippen molar-refractivity contribution in [2.45, 2.75) is 6.54 Å². The van der Waals surface area contributed by atoms with Gasteiger partial charge in [0.1, 0.15) is 5.75 Å². The van der Waals surface area contributed by atoms with E-state index >= 15 is 0 Å². The molecule has 0 radical (unpaired) electrons. The number of likely N-dealkylation sites (N-methyl/N-ethyl adjacent to an activating group) is 1. The predicted molar refractivity (Wildman–Crippen MR) is 85.3 cm³/mol. The number of carbonyl (C=O) groups is 2. The molecule has 0 aromatic heterocycles. The maximum absolute atomic E-state index is 12.1. The average Bonchev–Trinajstić information content (AvgIpc) is 2.54. The highest BCUT2D eigenvalue weighted by molar-refractivity contribution is 6.30. The standard InChI is InChI=1S/C17H16ClNO3/c1-19(10-13-6-8-15(18)9-7-13)17(21)12-22-16-5-3-2-4-14(16)11-20/h2-9,11H,10,12H2,1H3. The van der Waals surface area contributed by atoms with Gasteiger partial charge < -0.3 is 9.64 Å². The largest absolute Gasteiger partial charge is 0.483 e. The molecule has 0 unspecified atom stereocenters. The Morgan fingerprint density at radius 2 is 1.86 bits per heavy atom. The van der Waals surface area contributed by atoms with Gasteiger partial charge in [-0.05, 0) is 29.8 Å². The third kappa shape index (κ3) is 4.33. The normalized spacial score (nSPS) is 10.1. The van der Waals surface area contributed by atoms with Crippen LogP contribution in [0.4, 0.5) is 0 Å². The molecule has 22 heavy (non-hydrogen) atoms. The Balaban J connectivity index is 1.91. The number of amides is 1. The first-order valence-corrected chi connectivity index (χ1v) is 7.13. The molecule has 0 aliphatic heterocycles. The van der Waals surface area contributed by atoms with Crippen LogP contribution in [0.15, 0.2) is 48.5 Å². The third-order valence-electron chi connectivity index (χ3n) is 3.16. The van der Waals surface area contributed by atoms with Gasteiger partial charge in [0.2, 0.25) is 0 Å². The van der Waals surface area contributed by atoms with Crippen molar-refractivity contribution in [1.82, 2.24) is 4.90 Å². The fraction of sp³-hybridized carbons (Fsp3) is 0.176. The van der Waals surface area contributed by atoms with Gasteiger partial charge in [-0.2, -0.15) is 0 Å². The van der Waals surface area contributed by atoms with Gasteiger partial charge in [-0.25, -0.2) is 0 Å². The summed E-state index contributed by atoms with van der Waals surface area (Å²) in [6.45, 7) is 0.351. The lowest BCUT2D eigenvalue weighted by atomic mass is 10.2. The van der Waals surface area contributed by atoms with E-state index in [1.54, 1.807) is 48.3 Å². The smallest absolute Gasteiger partial charge is 0.260 e. The third-order valence-corrected chi connectivity index (χ3v) is 3.41. The lowest BCUT2D eigenvalue weighted by molar-refractivity contribution is -0.132. The van der Waals surface area contributed by atoms with E-state index in [9.17, 15) is 9.59 Å². The number of ether oxygens (including phenoxy) is 1. The van der Waals surface area contributed by atoms with Crippen LogP contribution in [0, 0.1) is 0 Å². The van der Waals surface area contributed by atoms with Gasteiger partial charge >= 0.3 is 0 Å². The van der Waals surface area contributed by atoms with Gasteiger partial charge in [-0.15, -0.1) is 0 Å². The molecule has 0 spiro atoms. The number of benzene rings is 2. The first-order chi connectivity index (χ1) is 10.6. The molecule has 1 amide bonds. The zero-order valence-electron chi connectivity index (χ0n) is 12.2. The molecule has 0 aliphatic carbocycles. The van der Waals surface area contributed by atoms with Crippen LogP contribution in [0.1, 0.15) is 15.9 Å². The summed E-state index contributed by atoms with van der Waals surface area (Å²) < 4.78 is 5.42. The van der Waals surface area contributed by atoms with Crippen LogP contribution in [0.25, 0.3) is 0 Å². The summed E-state index contributed by atoms with van der Waals surface area (Å²) in [6.07, 6.45) is 0.706. The highest BCUT2D eigenvalue weighted by Gasteiger charge is 2.11. The summed E-state index contributed by atoms with van der Waals surface area (Å²) in [5, 5.41) is 0.659. The zero-order valence-corrected chi connectivity index (χ0v) is 12.9. The van der Waals surface area contributed by atoms with E-state index in [0.717, 1.165) is 5.56 Å². The zero-order chi connectivity index (χ0) is 15.9. The van der Waals surface area contributed by atoms with Gasteiger partial charge in [0.25, 0.3) is 5.91 Å². The van der Waals surface area contributed by atoms with E-state index in [0.29, 0.717) is 29.2 Å². The average molecular weight is 318 g/mol. The Kier molecular flexibility index (Phi) is 5.55. The van der Waals surface area contributed by atoms with E-state index in [1.807, 2.05) is 12.1 Å². The number of para-hydroxylation sites is 1. The quantitative estimate of drug-likeness (QED) is 0.769. The van der Waals surface area contributed by atoms with Crippen LogP contribution in [-0.4, -0.2) is 30.7 Å². The molecule has 2 rings (SSSR count). The van der Waals surface area contributed by atoms with E-state index < -0.39 is 0 Å². The highest BCUT2D eigenvalue weighted by Crippen LogP contribution is 2.16. The minimum atomic E-state index is -0.171. The summed E-state index contributed by atoms with van der Waals surface area (Å²) in [4.78, 5) is 24.5. The molecule has 5 heteroatoms. The van der Waals surface area contributed by atoms with Crippen molar-refractivity contribution < 1.29 is 14.3 Å². The lowest BCUT2D eigenvalue weighted by Crippen LogP contribution is -2.31. The van der Waals surface area contributed by atoms with Crippen molar-refractivity contribution in [3.05, 3.63) is 64.7 Å². The Hall–Kier alpha value is -2.33. The number of halogens is 1. The molecule has 0 heterocycles. The number of hydrogen-bond acceptors (Lipinski definition) is 3. The van der Waals surface area contributed by atoms with E-state index in [1.165, 1.54) is 0 Å². The van der Waals surface area contributed by atoms with E-state index in [-0.39, 0.29) is 12.5 Å². The van der Waals surface area contributed by atoms with Gasteiger partial charge in [0, 0.05) is 18.6 Å².